The van der Waals surface area contributed by atoms with Gasteiger partial charge in [-0.1, -0.05) is 6.08 Å². The fourth-order valence-corrected chi connectivity index (χ4v) is 4.89. The maximum atomic E-state index is 12.2. The number of aromatic amines is 2. The van der Waals surface area contributed by atoms with E-state index in [1.165, 1.54) is 11.9 Å². The van der Waals surface area contributed by atoms with Crippen LogP contribution in [0.2, 0.25) is 0 Å². The molecule has 1 aromatic heterocycles. The second-order valence-electron chi connectivity index (χ2n) is 9.65. The van der Waals surface area contributed by atoms with Crippen LogP contribution in [0.15, 0.2) is 58.5 Å². The molecule has 5 rings (SSSR count). The summed E-state index contributed by atoms with van der Waals surface area (Å²) in [5.74, 6) is -0.769. The molecule has 0 amide bonds. The van der Waals surface area contributed by atoms with E-state index in [-0.39, 0.29) is 5.56 Å². The number of dihydropyridines is 1. The Morgan fingerprint density at radius 1 is 1.09 bits per heavy atom. The number of nitrogens with one attached hydrogen (secondary N) is 5. The number of hydrogen-bond donors (Lipinski definition) is 6. The lowest BCUT2D eigenvalue weighted by molar-refractivity contribution is -0.0182. The first-order chi connectivity index (χ1) is 16.2. The molecule has 180 valence electrons. The summed E-state index contributed by atoms with van der Waals surface area (Å²) < 4.78 is 0. The second-order valence-corrected chi connectivity index (χ2v) is 9.65. The third-order valence-electron chi connectivity index (χ3n) is 6.97. The van der Waals surface area contributed by atoms with Crippen LogP contribution in [0.3, 0.4) is 0 Å². The van der Waals surface area contributed by atoms with Gasteiger partial charge in [-0.15, -0.1) is 0 Å². The van der Waals surface area contributed by atoms with Crippen LogP contribution in [-0.4, -0.2) is 76.6 Å². The Hall–Kier alpha value is -3.50. The molecule has 4 heterocycles. The van der Waals surface area contributed by atoms with Crippen LogP contribution in [0.1, 0.15) is 19.4 Å². The molecule has 0 aliphatic carbocycles. The highest BCUT2D eigenvalue weighted by molar-refractivity contribution is 5.89. The molecule has 0 bridgehead atoms. The fourth-order valence-electron chi connectivity index (χ4n) is 4.89. The van der Waals surface area contributed by atoms with E-state index >= 15 is 0 Å². The van der Waals surface area contributed by atoms with Gasteiger partial charge in [0, 0.05) is 43.8 Å². The molecule has 0 radical (unpaired) electrons. The maximum Gasteiger partial charge on any atom is 0.274 e. The van der Waals surface area contributed by atoms with Crippen molar-refractivity contribution in [1.82, 2.24) is 20.4 Å². The first kappa shape index (κ1) is 22.3. The Morgan fingerprint density at radius 3 is 2.47 bits per heavy atom. The van der Waals surface area contributed by atoms with Crippen molar-refractivity contribution in [3.8, 4) is 0 Å². The predicted octanol–water partition coefficient (Wildman–Crippen LogP) is 1.25. The van der Waals surface area contributed by atoms with Crippen molar-refractivity contribution in [2.75, 3.05) is 48.8 Å². The minimum atomic E-state index is -1.26. The molecule has 6 N–H and O–H groups in total. The third kappa shape index (κ3) is 3.59. The van der Waals surface area contributed by atoms with E-state index in [1.807, 2.05) is 30.4 Å². The SMILES string of the molecule is CN1CCN(c2ccc(NC3(C4(C(C)(C)O)C=CC=CN4)N=Cc4c([nH][nH]c4=O)N3)cc2)CC1. The van der Waals surface area contributed by atoms with Crippen LogP contribution in [0.4, 0.5) is 17.2 Å². The molecule has 1 aromatic carbocycles. The molecule has 1 fully saturated rings. The zero-order chi connectivity index (χ0) is 24.0. The summed E-state index contributed by atoms with van der Waals surface area (Å²) in [6.07, 6.45) is 8.94. The quantitative estimate of drug-likeness (QED) is 0.394. The number of nitrogens with zero attached hydrogens (tertiary/aromatic N) is 3. The number of benzene rings is 1. The van der Waals surface area contributed by atoms with Gasteiger partial charge in [-0.25, -0.2) is 4.99 Å². The van der Waals surface area contributed by atoms with Gasteiger partial charge < -0.3 is 30.9 Å². The standard InChI is InChI=1S/C24H32N8O2/c1-22(2,34)23(10-4-5-11-25-23)24(26-16-19-20(28-24)29-30-21(19)33)27-17-6-8-18(9-7-17)32-14-12-31(3)13-15-32/h4-11,16,25,27,34H,12-15H2,1-3H3,(H3,28,29,30,33). The van der Waals surface area contributed by atoms with E-state index in [0.29, 0.717) is 11.4 Å². The molecule has 0 spiro atoms. The Bertz CT molecular complexity index is 1180. The monoisotopic (exact) mass is 464 g/mol. The molecule has 2 aromatic rings. The summed E-state index contributed by atoms with van der Waals surface area (Å²) in [4.78, 5) is 21.7. The highest BCUT2D eigenvalue weighted by atomic mass is 16.3. The van der Waals surface area contributed by atoms with Crippen LogP contribution in [0.25, 0.3) is 0 Å². The number of aromatic nitrogens is 2. The summed E-state index contributed by atoms with van der Waals surface area (Å²) >= 11 is 0. The number of anilines is 3. The van der Waals surface area contributed by atoms with Gasteiger partial charge in [0.2, 0.25) is 5.79 Å². The molecule has 2 unspecified atom stereocenters. The Balaban J connectivity index is 1.52. The zero-order valence-corrected chi connectivity index (χ0v) is 19.7. The average Bonchev–Trinajstić information content (AvgIpc) is 3.19. The van der Waals surface area contributed by atoms with Gasteiger partial charge in [0.15, 0.2) is 0 Å². The number of H-pyrrole nitrogens is 2. The number of hydrogen-bond acceptors (Lipinski definition) is 8. The van der Waals surface area contributed by atoms with Crippen molar-refractivity contribution in [3.05, 3.63) is 64.6 Å². The molecule has 34 heavy (non-hydrogen) atoms. The van der Waals surface area contributed by atoms with Gasteiger partial charge in [0.1, 0.15) is 16.9 Å². The molecule has 3 aliphatic rings. The van der Waals surface area contributed by atoms with Crippen molar-refractivity contribution in [2.45, 2.75) is 30.8 Å². The Kier molecular flexibility index (Phi) is 5.29. The summed E-state index contributed by atoms with van der Waals surface area (Å²) in [7, 11) is 2.14. The van der Waals surface area contributed by atoms with Crippen molar-refractivity contribution in [3.63, 3.8) is 0 Å². The molecule has 1 saturated heterocycles. The van der Waals surface area contributed by atoms with Crippen LogP contribution < -0.4 is 26.4 Å². The van der Waals surface area contributed by atoms with Gasteiger partial charge in [0.25, 0.3) is 5.56 Å². The van der Waals surface area contributed by atoms with Crippen molar-refractivity contribution < 1.29 is 5.11 Å². The number of fused-ring (bicyclic) bond motifs is 1. The summed E-state index contributed by atoms with van der Waals surface area (Å²) in [5.41, 5.74) is -0.241. The molecular formula is C24H32N8O2. The number of aliphatic hydroxyl groups is 1. The van der Waals surface area contributed by atoms with Gasteiger partial charge in [-0.2, -0.15) is 0 Å². The van der Waals surface area contributed by atoms with Crippen molar-refractivity contribution in [2.24, 2.45) is 4.99 Å². The number of allylic oxidation sites excluding steroid dienone is 2. The van der Waals surface area contributed by atoms with Crippen LogP contribution in [-0.2, 0) is 0 Å². The first-order valence-corrected chi connectivity index (χ1v) is 11.5. The summed E-state index contributed by atoms with van der Waals surface area (Å²) in [6.45, 7) is 7.53. The normalized spacial score (nSPS) is 26.6. The summed E-state index contributed by atoms with van der Waals surface area (Å²) in [6, 6.07) is 8.22. The molecule has 2 atom stereocenters. The highest BCUT2D eigenvalue weighted by Crippen LogP contribution is 2.41. The van der Waals surface area contributed by atoms with E-state index in [1.54, 1.807) is 20.0 Å². The molecule has 10 heteroatoms. The van der Waals surface area contributed by atoms with Gasteiger partial charge in [-0.3, -0.25) is 15.0 Å². The lowest BCUT2D eigenvalue weighted by Gasteiger charge is -2.54. The largest absolute Gasteiger partial charge is 0.387 e. The van der Waals surface area contributed by atoms with Gasteiger partial charge in [0.05, 0.1) is 5.60 Å². The van der Waals surface area contributed by atoms with E-state index in [2.05, 4.69) is 55.1 Å². The average molecular weight is 465 g/mol. The Morgan fingerprint density at radius 2 is 1.82 bits per heavy atom. The van der Waals surface area contributed by atoms with Crippen LogP contribution >= 0.6 is 0 Å². The minimum absolute atomic E-state index is 0.263. The van der Waals surface area contributed by atoms with E-state index in [4.69, 9.17) is 4.99 Å². The Labute approximate surface area is 198 Å². The van der Waals surface area contributed by atoms with E-state index in [0.717, 1.165) is 31.9 Å². The smallest absolute Gasteiger partial charge is 0.274 e. The third-order valence-corrected chi connectivity index (χ3v) is 6.97. The maximum absolute atomic E-state index is 12.2. The molecular weight excluding hydrogens is 432 g/mol. The topological polar surface area (TPSA) is 124 Å². The van der Waals surface area contributed by atoms with E-state index in [9.17, 15) is 9.90 Å². The van der Waals surface area contributed by atoms with Gasteiger partial charge in [-0.05, 0) is 63.5 Å². The fraction of sp³-hybridized carbons (Fsp3) is 0.417. The minimum Gasteiger partial charge on any atom is -0.387 e. The highest BCUT2D eigenvalue weighted by Gasteiger charge is 2.60. The second kappa shape index (κ2) is 8.07. The van der Waals surface area contributed by atoms with E-state index < -0.39 is 16.9 Å². The number of likely N-dealkylation sites (N-methyl/N-ethyl adjacent to an activating group) is 1. The number of aliphatic imine (C=N–C) groups is 1. The van der Waals surface area contributed by atoms with Crippen molar-refractivity contribution >= 4 is 23.4 Å². The molecule has 0 saturated carbocycles. The predicted molar refractivity (Wildman–Crippen MR) is 136 cm³/mol. The number of piperazine rings is 1. The summed E-state index contributed by atoms with van der Waals surface area (Å²) in [5, 5.41) is 27.1. The number of rotatable bonds is 5. The lowest BCUT2D eigenvalue weighted by Crippen LogP contribution is -2.76. The van der Waals surface area contributed by atoms with Crippen LogP contribution in [0.5, 0.6) is 0 Å². The molecule has 10 nitrogen and oxygen atoms in total. The van der Waals surface area contributed by atoms with Gasteiger partial charge >= 0.3 is 0 Å². The van der Waals surface area contributed by atoms with Crippen molar-refractivity contribution in [1.29, 1.82) is 0 Å². The lowest BCUT2D eigenvalue weighted by atomic mass is 9.74. The molecule has 3 aliphatic heterocycles. The van der Waals surface area contributed by atoms with Crippen LogP contribution in [0, 0.1) is 0 Å². The first-order valence-electron chi connectivity index (χ1n) is 11.5. The zero-order valence-electron chi connectivity index (χ0n) is 19.7.